The van der Waals surface area contributed by atoms with Gasteiger partial charge in [0, 0.05) is 31.6 Å². The molecule has 0 bridgehead atoms. The predicted octanol–water partition coefficient (Wildman–Crippen LogP) is 1.04. The molecule has 0 radical (unpaired) electrons. The van der Waals surface area contributed by atoms with Crippen LogP contribution in [0, 0.1) is 6.92 Å². The number of aryl methyl sites for hydroxylation is 1. The first-order valence-electron chi connectivity index (χ1n) is 7.11. The maximum Gasteiger partial charge on any atom is 0.356 e. The summed E-state index contributed by atoms with van der Waals surface area (Å²) in [4.78, 5) is 13.9. The van der Waals surface area contributed by atoms with Gasteiger partial charge in [0.05, 0.1) is 0 Å². The first-order valence-corrected chi connectivity index (χ1v) is 8.55. The fourth-order valence-electron chi connectivity index (χ4n) is 2.57. The number of benzene rings is 1. The molecule has 6 nitrogen and oxygen atoms in total. The van der Waals surface area contributed by atoms with Crippen LogP contribution in [0.25, 0.3) is 11.0 Å². The molecule has 22 heavy (non-hydrogen) atoms. The minimum absolute atomic E-state index is 0.282. The first-order chi connectivity index (χ1) is 10.4. The van der Waals surface area contributed by atoms with Crippen molar-refractivity contribution in [3.05, 3.63) is 40.2 Å². The summed E-state index contributed by atoms with van der Waals surface area (Å²) in [6.07, 6.45) is 0. The molecule has 1 fully saturated rings. The Labute approximate surface area is 129 Å². The summed E-state index contributed by atoms with van der Waals surface area (Å²) in [5.74, 6) is 0. The number of nitrogens with zero attached hydrogens (tertiary/aromatic N) is 2. The molecule has 0 spiro atoms. The third-order valence-corrected chi connectivity index (χ3v) is 5.82. The number of hydrogen-bond acceptors (Lipinski definition) is 5. The fraction of sp³-hybridized carbons (Fsp3) is 0.400. The first kappa shape index (κ1) is 15.2. The Balaban J connectivity index is 2.08. The Hall–Kier alpha value is -1.70. The van der Waals surface area contributed by atoms with Gasteiger partial charge in [-0.3, -0.25) is 0 Å². The van der Waals surface area contributed by atoms with Gasteiger partial charge in [-0.15, -0.1) is 0 Å². The van der Waals surface area contributed by atoms with Crippen LogP contribution in [0.2, 0.25) is 0 Å². The minimum atomic E-state index is -3.82. The second-order valence-corrected chi connectivity index (χ2v) is 7.55. The summed E-state index contributed by atoms with van der Waals surface area (Å²) in [5.41, 5.74) is 0.563. The molecule has 0 unspecified atom stereocenters. The molecule has 1 saturated heterocycles. The van der Waals surface area contributed by atoms with Crippen molar-refractivity contribution >= 4 is 21.0 Å². The Bertz CT molecular complexity index is 865. The largest absolute Gasteiger partial charge is 0.422 e. The molecule has 1 aromatic carbocycles. The quantitative estimate of drug-likeness (QED) is 0.773. The van der Waals surface area contributed by atoms with Crippen molar-refractivity contribution in [2.75, 3.05) is 33.2 Å². The zero-order chi connectivity index (χ0) is 15.9. The number of fused-ring (bicyclic) bond motifs is 1. The second kappa shape index (κ2) is 5.49. The molecule has 1 aliphatic heterocycles. The molecule has 2 aromatic rings. The number of sulfonamides is 1. The summed E-state index contributed by atoms with van der Waals surface area (Å²) < 4.78 is 31.9. The van der Waals surface area contributed by atoms with Crippen LogP contribution in [0.1, 0.15) is 5.56 Å². The predicted molar refractivity (Wildman–Crippen MR) is 83.5 cm³/mol. The van der Waals surface area contributed by atoms with E-state index in [0.29, 0.717) is 37.1 Å². The van der Waals surface area contributed by atoms with Gasteiger partial charge in [-0.1, -0.05) is 11.6 Å². The van der Waals surface area contributed by atoms with E-state index in [2.05, 4.69) is 4.90 Å². The molecular weight excluding hydrogens is 304 g/mol. The Kier molecular flexibility index (Phi) is 3.80. The lowest BCUT2D eigenvalue weighted by molar-refractivity contribution is 0.222. The number of piperazine rings is 1. The van der Waals surface area contributed by atoms with Gasteiger partial charge < -0.3 is 9.32 Å². The number of hydrogen-bond donors (Lipinski definition) is 0. The van der Waals surface area contributed by atoms with Crippen molar-refractivity contribution in [1.82, 2.24) is 9.21 Å². The fourth-order valence-corrected chi connectivity index (χ4v) is 4.02. The Morgan fingerprint density at radius 3 is 2.45 bits per heavy atom. The second-order valence-electron chi connectivity index (χ2n) is 5.65. The van der Waals surface area contributed by atoms with Gasteiger partial charge in [0.15, 0.2) is 4.90 Å². The summed E-state index contributed by atoms with van der Waals surface area (Å²) in [6.45, 7) is 3.96. The standard InChI is InChI=1S/C15H18N2O4S/c1-11-3-4-13-12(9-11)10-14(15(18)21-13)22(19,20)17-7-5-16(2)6-8-17/h3-4,9-10H,5-8H2,1-2H3. The highest BCUT2D eigenvalue weighted by molar-refractivity contribution is 7.89. The third kappa shape index (κ3) is 2.67. The summed E-state index contributed by atoms with van der Waals surface area (Å²) >= 11 is 0. The highest BCUT2D eigenvalue weighted by Crippen LogP contribution is 2.20. The van der Waals surface area contributed by atoms with Crippen LogP contribution in [0.4, 0.5) is 0 Å². The Morgan fingerprint density at radius 1 is 1.09 bits per heavy atom. The van der Waals surface area contributed by atoms with Gasteiger partial charge in [-0.05, 0) is 32.2 Å². The lowest BCUT2D eigenvalue weighted by Crippen LogP contribution is -2.47. The van der Waals surface area contributed by atoms with E-state index >= 15 is 0 Å². The topological polar surface area (TPSA) is 70.8 Å². The van der Waals surface area contributed by atoms with E-state index in [-0.39, 0.29) is 4.90 Å². The highest BCUT2D eigenvalue weighted by atomic mass is 32.2. The molecule has 0 saturated carbocycles. The molecule has 1 aliphatic rings. The smallest absolute Gasteiger partial charge is 0.356 e. The normalized spacial score (nSPS) is 17.9. The summed E-state index contributed by atoms with van der Waals surface area (Å²) in [7, 11) is -1.88. The lowest BCUT2D eigenvalue weighted by Gasteiger charge is -2.31. The molecule has 0 atom stereocenters. The zero-order valence-electron chi connectivity index (χ0n) is 12.6. The average Bonchev–Trinajstić information content (AvgIpc) is 2.47. The van der Waals surface area contributed by atoms with Crippen LogP contribution in [0.15, 0.2) is 38.4 Å². The van der Waals surface area contributed by atoms with Gasteiger partial charge in [-0.2, -0.15) is 4.31 Å². The summed E-state index contributed by atoms with van der Waals surface area (Å²) in [5, 5.41) is 0.618. The van der Waals surface area contributed by atoms with E-state index in [4.69, 9.17) is 4.42 Å². The minimum Gasteiger partial charge on any atom is -0.422 e. The van der Waals surface area contributed by atoms with Gasteiger partial charge in [0.1, 0.15) is 5.58 Å². The molecule has 1 aromatic heterocycles. The zero-order valence-corrected chi connectivity index (χ0v) is 13.4. The summed E-state index contributed by atoms with van der Waals surface area (Å²) in [6, 6.07) is 6.72. The van der Waals surface area contributed by atoms with Crippen molar-refractivity contribution in [3.63, 3.8) is 0 Å². The van der Waals surface area contributed by atoms with Crippen LogP contribution >= 0.6 is 0 Å². The van der Waals surface area contributed by atoms with E-state index in [0.717, 1.165) is 5.56 Å². The van der Waals surface area contributed by atoms with Crippen molar-refractivity contribution in [3.8, 4) is 0 Å². The Morgan fingerprint density at radius 2 is 1.77 bits per heavy atom. The number of likely N-dealkylation sites (N-methyl/N-ethyl adjacent to an activating group) is 1. The van der Waals surface area contributed by atoms with Crippen molar-refractivity contribution < 1.29 is 12.8 Å². The van der Waals surface area contributed by atoms with Crippen LogP contribution < -0.4 is 5.63 Å². The molecule has 7 heteroatoms. The third-order valence-electron chi connectivity index (χ3n) is 3.94. The molecule has 0 N–H and O–H groups in total. The molecule has 118 valence electrons. The van der Waals surface area contributed by atoms with E-state index in [1.807, 2.05) is 20.0 Å². The van der Waals surface area contributed by atoms with Gasteiger partial charge in [-0.25, -0.2) is 13.2 Å². The molecule has 2 heterocycles. The van der Waals surface area contributed by atoms with E-state index in [1.165, 1.54) is 10.4 Å². The van der Waals surface area contributed by atoms with Gasteiger partial charge in [0.2, 0.25) is 10.0 Å². The van der Waals surface area contributed by atoms with Crippen molar-refractivity contribution in [1.29, 1.82) is 0 Å². The van der Waals surface area contributed by atoms with Crippen LogP contribution in [-0.4, -0.2) is 50.8 Å². The molecule has 3 rings (SSSR count). The van der Waals surface area contributed by atoms with Crippen LogP contribution in [-0.2, 0) is 10.0 Å². The van der Waals surface area contributed by atoms with Crippen molar-refractivity contribution in [2.24, 2.45) is 0 Å². The number of rotatable bonds is 2. The molecule has 0 aliphatic carbocycles. The monoisotopic (exact) mass is 322 g/mol. The van der Waals surface area contributed by atoms with E-state index in [9.17, 15) is 13.2 Å². The lowest BCUT2D eigenvalue weighted by atomic mass is 10.2. The van der Waals surface area contributed by atoms with Crippen LogP contribution in [0.3, 0.4) is 0 Å². The molecule has 0 amide bonds. The van der Waals surface area contributed by atoms with Crippen LogP contribution in [0.5, 0.6) is 0 Å². The van der Waals surface area contributed by atoms with E-state index in [1.54, 1.807) is 12.1 Å². The van der Waals surface area contributed by atoms with E-state index < -0.39 is 15.6 Å². The average molecular weight is 322 g/mol. The van der Waals surface area contributed by atoms with Gasteiger partial charge in [0.25, 0.3) is 0 Å². The molecular formula is C15H18N2O4S. The highest BCUT2D eigenvalue weighted by Gasteiger charge is 2.30. The maximum absolute atomic E-state index is 12.7. The maximum atomic E-state index is 12.7. The SMILES string of the molecule is Cc1ccc2oc(=O)c(S(=O)(=O)N3CCN(C)CC3)cc2c1. The van der Waals surface area contributed by atoms with Gasteiger partial charge >= 0.3 is 5.63 Å². The van der Waals surface area contributed by atoms with Crippen molar-refractivity contribution in [2.45, 2.75) is 11.8 Å².